The van der Waals surface area contributed by atoms with Crippen molar-refractivity contribution in [2.75, 3.05) is 0 Å². The lowest BCUT2D eigenvalue weighted by atomic mass is 10.1. The van der Waals surface area contributed by atoms with Gasteiger partial charge in [-0.1, -0.05) is 150 Å². The normalized spacial score (nSPS) is 12.3. The maximum absolute atomic E-state index is 12.8. The number of phenols is 1. The number of carbonyl (C=O) groups excluding carboxylic acids is 2. The average molecular weight is 749 g/mol. The standard InChI is InChI=1S/C50H68O5/c1-3-5-7-9-11-13-15-17-19-21-23-25-27-29-31-33-49(52)54-47-41-45(36-35-44-37-39-46(51)40-38-44)42-48(43-47)55-50(53)34-32-30-28-26-24-22-20-18-16-14-12-10-8-6-4-2/h5-8,11-14,17-20,35-43,51H,3-4,9-10,15-16,21-34H2,1-2H3/b7-5-,8-6-,13-11-,14-12-,19-17-,20-18-,36-35+. The molecule has 1 N–H and O–H groups in total. The molecule has 298 valence electrons. The van der Waals surface area contributed by atoms with Crippen molar-refractivity contribution in [2.24, 2.45) is 0 Å². The summed E-state index contributed by atoms with van der Waals surface area (Å²) in [5.74, 6) is 0.328. The molecule has 2 aromatic rings. The quantitative estimate of drug-likeness (QED) is 0.0283. The van der Waals surface area contributed by atoms with E-state index < -0.39 is 0 Å². The molecule has 0 saturated heterocycles. The zero-order valence-corrected chi connectivity index (χ0v) is 33.8. The molecule has 0 aromatic heterocycles. The third-order valence-corrected chi connectivity index (χ3v) is 8.79. The molecule has 0 amide bonds. The molecule has 55 heavy (non-hydrogen) atoms. The van der Waals surface area contributed by atoms with Crippen molar-refractivity contribution in [3.8, 4) is 17.2 Å². The minimum atomic E-state index is -0.291. The second-order valence-corrected chi connectivity index (χ2v) is 13.8. The summed E-state index contributed by atoms with van der Waals surface area (Å²) in [4.78, 5) is 25.5. The number of phenolic OH excluding ortho intramolecular Hbond substituents is 1. The van der Waals surface area contributed by atoms with Crippen LogP contribution in [0.2, 0.25) is 0 Å². The first-order valence-corrected chi connectivity index (χ1v) is 20.9. The second-order valence-electron chi connectivity index (χ2n) is 13.8. The summed E-state index contributed by atoms with van der Waals surface area (Å²) >= 11 is 0. The summed E-state index contributed by atoms with van der Waals surface area (Å²) in [7, 11) is 0. The van der Waals surface area contributed by atoms with Crippen molar-refractivity contribution in [2.45, 2.75) is 142 Å². The van der Waals surface area contributed by atoms with Crippen molar-refractivity contribution in [3.63, 3.8) is 0 Å². The number of aromatic hydroxyl groups is 1. The molecule has 0 unspecified atom stereocenters. The minimum Gasteiger partial charge on any atom is -0.508 e. The van der Waals surface area contributed by atoms with Crippen molar-refractivity contribution in [1.82, 2.24) is 0 Å². The Balaban J connectivity index is 1.74. The Morgan fingerprint density at radius 3 is 1.31 bits per heavy atom. The van der Waals surface area contributed by atoms with E-state index in [1.165, 1.54) is 0 Å². The molecule has 2 aromatic carbocycles. The van der Waals surface area contributed by atoms with E-state index in [0.29, 0.717) is 24.3 Å². The van der Waals surface area contributed by atoms with Gasteiger partial charge in [0.25, 0.3) is 0 Å². The lowest BCUT2D eigenvalue weighted by molar-refractivity contribution is -0.135. The summed E-state index contributed by atoms with van der Waals surface area (Å²) in [5.41, 5.74) is 1.64. The number of allylic oxidation sites excluding steroid dienone is 12. The molecule has 5 nitrogen and oxygen atoms in total. The molecule has 0 heterocycles. The summed E-state index contributed by atoms with van der Waals surface area (Å²) in [6.07, 6.45) is 49.7. The van der Waals surface area contributed by atoms with Crippen LogP contribution in [-0.2, 0) is 9.59 Å². The van der Waals surface area contributed by atoms with Crippen LogP contribution in [0.1, 0.15) is 153 Å². The van der Waals surface area contributed by atoms with Crippen molar-refractivity contribution < 1.29 is 24.2 Å². The Morgan fingerprint density at radius 1 is 0.473 bits per heavy atom. The van der Waals surface area contributed by atoms with E-state index in [0.717, 1.165) is 127 Å². The smallest absolute Gasteiger partial charge is 0.311 e. The van der Waals surface area contributed by atoms with Gasteiger partial charge in [-0.25, -0.2) is 0 Å². The number of benzene rings is 2. The zero-order valence-electron chi connectivity index (χ0n) is 33.8. The zero-order chi connectivity index (χ0) is 39.4. The van der Waals surface area contributed by atoms with E-state index in [1.807, 2.05) is 24.3 Å². The second kappa shape index (κ2) is 32.8. The number of esters is 2. The Kier molecular flexibility index (Phi) is 27.7. The van der Waals surface area contributed by atoms with Gasteiger partial charge in [-0.2, -0.15) is 0 Å². The van der Waals surface area contributed by atoms with Crippen LogP contribution < -0.4 is 9.47 Å². The third-order valence-electron chi connectivity index (χ3n) is 8.79. The molecule has 0 radical (unpaired) electrons. The number of unbranched alkanes of at least 4 members (excludes halogenated alkanes) is 10. The van der Waals surface area contributed by atoms with Crippen LogP contribution >= 0.6 is 0 Å². The summed E-state index contributed by atoms with van der Waals surface area (Å²) in [6, 6.07) is 12.0. The van der Waals surface area contributed by atoms with Gasteiger partial charge in [-0.3, -0.25) is 9.59 Å². The van der Waals surface area contributed by atoms with Gasteiger partial charge in [0.15, 0.2) is 0 Å². The molecular weight excluding hydrogens is 681 g/mol. The molecule has 0 aliphatic heterocycles. The Hall–Kier alpha value is -4.64. The molecule has 2 rings (SSSR count). The van der Waals surface area contributed by atoms with Crippen LogP contribution in [0, 0.1) is 0 Å². The van der Waals surface area contributed by atoms with E-state index in [-0.39, 0.29) is 17.7 Å². The van der Waals surface area contributed by atoms with Crippen LogP contribution in [0.15, 0.2) is 115 Å². The summed E-state index contributed by atoms with van der Waals surface area (Å²) in [6.45, 7) is 4.30. The van der Waals surface area contributed by atoms with Gasteiger partial charge >= 0.3 is 11.9 Å². The fourth-order valence-corrected chi connectivity index (χ4v) is 5.73. The van der Waals surface area contributed by atoms with Gasteiger partial charge in [0.2, 0.25) is 0 Å². The Morgan fingerprint density at radius 2 is 0.855 bits per heavy atom. The first kappa shape index (κ1) is 46.5. The van der Waals surface area contributed by atoms with E-state index in [1.54, 1.807) is 30.3 Å². The molecule has 0 fully saturated rings. The molecule has 0 aliphatic carbocycles. The predicted molar refractivity (Wildman–Crippen MR) is 233 cm³/mol. The highest BCUT2D eigenvalue weighted by Crippen LogP contribution is 2.26. The highest BCUT2D eigenvalue weighted by Gasteiger charge is 2.11. The Labute approximate surface area is 333 Å². The van der Waals surface area contributed by atoms with Crippen molar-refractivity contribution in [3.05, 3.63) is 127 Å². The molecule has 0 atom stereocenters. The molecule has 0 spiro atoms. The number of carbonyl (C=O) groups is 2. The van der Waals surface area contributed by atoms with Crippen LogP contribution in [0.3, 0.4) is 0 Å². The number of hydrogen-bond acceptors (Lipinski definition) is 5. The van der Waals surface area contributed by atoms with Gasteiger partial charge in [0, 0.05) is 18.9 Å². The van der Waals surface area contributed by atoms with E-state index in [9.17, 15) is 14.7 Å². The van der Waals surface area contributed by atoms with E-state index in [2.05, 4.69) is 86.8 Å². The molecule has 0 bridgehead atoms. The average Bonchev–Trinajstić information content (AvgIpc) is 3.17. The lowest BCUT2D eigenvalue weighted by Gasteiger charge is -2.10. The van der Waals surface area contributed by atoms with Crippen LogP contribution in [0.5, 0.6) is 17.2 Å². The third kappa shape index (κ3) is 26.7. The fraction of sp³-hybridized carbons (Fsp3) is 0.440. The van der Waals surface area contributed by atoms with Crippen molar-refractivity contribution >= 4 is 24.1 Å². The highest BCUT2D eigenvalue weighted by molar-refractivity contribution is 5.76. The molecule has 0 aliphatic rings. The maximum atomic E-state index is 12.8. The van der Waals surface area contributed by atoms with E-state index in [4.69, 9.17) is 9.47 Å². The largest absolute Gasteiger partial charge is 0.508 e. The SMILES string of the molecule is CC/C=C\C/C=C\C/C=C\CCCCCCCC(=O)Oc1cc(/C=C/c2ccc(O)cc2)cc(OC(=O)CCCCCCC/C=C\C/C=C\C/C=C\CC)c1. The van der Waals surface area contributed by atoms with Gasteiger partial charge in [-0.15, -0.1) is 0 Å². The predicted octanol–water partition coefficient (Wildman–Crippen LogP) is 14.6. The van der Waals surface area contributed by atoms with Crippen LogP contribution in [0.25, 0.3) is 12.2 Å². The number of rotatable bonds is 30. The topological polar surface area (TPSA) is 72.8 Å². The summed E-state index contributed by atoms with van der Waals surface area (Å²) < 4.78 is 11.5. The van der Waals surface area contributed by atoms with Gasteiger partial charge in [0.1, 0.15) is 17.2 Å². The maximum Gasteiger partial charge on any atom is 0.311 e. The first-order chi connectivity index (χ1) is 27.0. The number of hydrogen-bond donors (Lipinski definition) is 1. The van der Waals surface area contributed by atoms with Gasteiger partial charge < -0.3 is 14.6 Å². The monoisotopic (exact) mass is 749 g/mol. The van der Waals surface area contributed by atoms with E-state index >= 15 is 0 Å². The fourth-order valence-electron chi connectivity index (χ4n) is 5.73. The molecule has 0 saturated carbocycles. The number of ether oxygens (including phenoxy) is 2. The lowest BCUT2D eigenvalue weighted by Crippen LogP contribution is -2.10. The van der Waals surface area contributed by atoms with Crippen LogP contribution in [0.4, 0.5) is 0 Å². The van der Waals surface area contributed by atoms with Gasteiger partial charge in [-0.05, 0) is 112 Å². The van der Waals surface area contributed by atoms with Gasteiger partial charge in [0.05, 0.1) is 0 Å². The Bertz CT molecular complexity index is 1440. The minimum absolute atomic E-state index is 0.199. The first-order valence-electron chi connectivity index (χ1n) is 20.9. The van der Waals surface area contributed by atoms with Crippen molar-refractivity contribution in [1.29, 1.82) is 0 Å². The highest BCUT2D eigenvalue weighted by atomic mass is 16.5. The van der Waals surface area contributed by atoms with Crippen LogP contribution in [-0.4, -0.2) is 17.0 Å². The summed E-state index contributed by atoms with van der Waals surface area (Å²) in [5, 5.41) is 9.62. The molecule has 5 heteroatoms. The molecular formula is C50H68O5.